The number of benzene rings is 2. The number of nitrogens with zero attached hydrogens (tertiary/aromatic N) is 2. The van der Waals surface area contributed by atoms with E-state index >= 15 is 0 Å². The van der Waals surface area contributed by atoms with Crippen molar-refractivity contribution in [2.24, 2.45) is 5.92 Å². The molecule has 1 N–H and O–H groups in total. The molecule has 1 saturated heterocycles. The zero-order valence-corrected chi connectivity index (χ0v) is 19.0. The number of ether oxygens (including phenoxy) is 1. The fourth-order valence-electron chi connectivity index (χ4n) is 3.37. The van der Waals surface area contributed by atoms with E-state index in [9.17, 15) is 22.8 Å². The lowest BCUT2D eigenvalue weighted by Crippen LogP contribution is -2.52. The fraction of sp³-hybridized carbons (Fsp3) is 0.391. The van der Waals surface area contributed by atoms with Gasteiger partial charge in [-0.05, 0) is 48.4 Å². The minimum atomic E-state index is -4.89. The van der Waals surface area contributed by atoms with Gasteiger partial charge >= 0.3 is 12.1 Å². The quantitative estimate of drug-likeness (QED) is 0.639. The van der Waals surface area contributed by atoms with Crippen LogP contribution in [0.3, 0.4) is 0 Å². The van der Waals surface area contributed by atoms with Crippen LogP contribution in [0.4, 0.5) is 24.5 Å². The number of carbonyl (C=O) groups is 2. The second-order valence-electron chi connectivity index (χ2n) is 8.12. The maximum absolute atomic E-state index is 12.8. The van der Waals surface area contributed by atoms with Crippen molar-refractivity contribution >= 4 is 34.8 Å². The highest BCUT2D eigenvalue weighted by Crippen LogP contribution is 2.31. The Bertz CT molecular complexity index is 989. The summed E-state index contributed by atoms with van der Waals surface area (Å²) in [5.74, 6) is -1.16. The lowest BCUT2D eigenvalue weighted by atomic mass is 10.1. The van der Waals surface area contributed by atoms with Gasteiger partial charge < -0.3 is 19.9 Å². The molecule has 1 heterocycles. The average Bonchev–Trinajstić information content (AvgIpc) is 2.77. The van der Waals surface area contributed by atoms with Gasteiger partial charge in [0.25, 0.3) is 5.91 Å². The van der Waals surface area contributed by atoms with Gasteiger partial charge in [0, 0.05) is 36.8 Å². The van der Waals surface area contributed by atoms with Crippen LogP contribution in [0.15, 0.2) is 42.5 Å². The van der Waals surface area contributed by atoms with Crippen LogP contribution in [0.25, 0.3) is 0 Å². The van der Waals surface area contributed by atoms with Crippen molar-refractivity contribution in [3.63, 3.8) is 0 Å². The second kappa shape index (κ2) is 10.3. The van der Waals surface area contributed by atoms with E-state index in [2.05, 4.69) is 5.32 Å². The number of nitrogens with one attached hydrogen (secondary N) is 1. The van der Waals surface area contributed by atoms with Gasteiger partial charge in [-0.2, -0.15) is 13.2 Å². The number of amides is 2. The molecule has 1 fully saturated rings. The Kier molecular flexibility index (Phi) is 7.73. The number of alkyl halides is 3. The number of rotatable bonds is 6. The first-order valence-electron chi connectivity index (χ1n) is 10.5. The Morgan fingerprint density at radius 1 is 1.06 bits per heavy atom. The Balaban J connectivity index is 1.69. The standard InChI is InChI=1S/C23H25ClF3N3O3/c1-15(2)14-33-18-6-3-16(4-7-18)21(31)28-19-13-17(24)5-8-20(19)29-9-11-30(12-10-29)22(32)23(25,26)27/h3-8,13,15H,9-12,14H2,1-2H3,(H,28,31). The third-order valence-corrected chi connectivity index (χ3v) is 5.29. The van der Waals surface area contributed by atoms with E-state index in [1.165, 1.54) is 0 Å². The van der Waals surface area contributed by atoms with E-state index < -0.39 is 12.1 Å². The maximum Gasteiger partial charge on any atom is 0.471 e. The maximum atomic E-state index is 12.8. The monoisotopic (exact) mass is 483 g/mol. The topological polar surface area (TPSA) is 61.9 Å². The SMILES string of the molecule is CC(C)COc1ccc(C(=O)Nc2cc(Cl)ccc2N2CCN(C(=O)C(F)(F)F)CC2)cc1. The zero-order valence-electron chi connectivity index (χ0n) is 18.3. The van der Waals surface area contributed by atoms with Crippen molar-refractivity contribution < 1.29 is 27.5 Å². The highest BCUT2D eigenvalue weighted by atomic mass is 35.5. The van der Waals surface area contributed by atoms with Crippen LogP contribution in [0, 0.1) is 5.92 Å². The normalized spacial score (nSPS) is 14.4. The molecule has 0 aromatic heterocycles. The van der Waals surface area contributed by atoms with E-state index in [0.717, 1.165) is 4.90 Å². The molecule has 2 aromatic rings. The van der Waals surface area contributed by atoms with Crippen molar-refractivity contribution in [3.05, 3.63) is 53.1 Å². The predicted molar refractivity (Wildman–Crippen MR) is 121 cm³/mol. The molecule has 0 atom stereocenters. The van der Waals surface area contributed by atoms with Crippen LogP contribution < -0.4 is 15.0 Å². The van der Waals surface area contributed by atoms with E-state index in [1.807, 2.05) is 18.7 Å². The molecule has 1 aliphatic heterocycles. The summed E-state index contributed by atoms with van der Waals surface area (Å²) in [6.07, 6.45) is -4.89. The first-order valence-corrected chi connectivity index (χ1v) is 10.9. The van der Waals surface area contributed by atoms with Gasteiger partial charge in [-0.1, -0.05) is 25.4 Å². The number of anilines is 2. The molecule has 1 aliphatic rings. The van der Waals surface area contributed by atoms with Crippen LogP contribution in [0.2, 0.25) is 5.02 Å². The number of hydrogen-bond donors (Lipinski definition) is 1. The summed E-state index contributed by atoms with van der Waals surface area (Å²) in [6, 6.07) is 11.7. The second-order valence-corrected chi connectivity index (χ2v) is 8.56. The molecule has 33 heavy (non-hydrogen) atoms. The van der Waals surface area contributed by atoms with Gasteiger partial charge in [0.2, 0.25) is 0 Å². The minimum Gasteiger partial charge on any atom is -0.493 e. The Labute approximate surface area is 195 Å². The van der Waals surface area contributed by atoms with Crippen LogP contribution in [0.1, 0.15) is 24.2 Å². The first-order chi connectivity index (χ1) is 15.5. The molecule has 0 saturated carbocycles. The van der Waals surface area contributed by atoms with Gasteiger partial charge in [0.1, 0.15) is 5.75 Å². The third kappa shape index (κ3) is 6.54. The van der Waals surface area contributed by atoms with Crippen molar-refractivity contribution in [2.75, 3.05) is 43.0 Å². The van der Waals surface area contributed by atoms with Crippen molar-refractivity contribution in [1.29, 1.82) is 0 Å². The molecule has 0 radical (unpaired) electrons. The number of hydrogen-bond acceptors (Lipinski definition) is 4. The Morgan fingerprint density at radius 2 is 1.70 bits per heavy atom. The van der Waals surface area contributed by atoms with Crippen molar-refractivity contribution in [1.82, 2.24) is 4.90 Å². The molecule has 0 aliphatic carbocycles. The summed E-state index contributed by atoms with van der Waals surface area (Å²) in [6.45, 7) is 4.87. The Morgan fingerprint density at radius 3 is 2.27 bits per heavy atom. The van der Waals surface area contributed by atoms with E-state index in [4.69, 9.17) is 16.3 Å². The number of halogens is 4. The van der Waals surface area contributed by atoms with Crippen molar-refractivity contribution in [3.8, 4) is 5.75 Å². The molecule has 0 spiro atoms. The lowest BCUT2D eigenvalue weighted by molar-refractivity contribution is -0.185. The van der Waals surface area contributed by atoms with Crippen molar-refractivity contribution in [2.45, 2.75) is 20.0 Å². The van der Waals surface area contributed by atoms with E-state index in [1.54, 1.807) is 42.5 Å². The summed E-state index contributed by atoms with van der Waals surface area (Å²) >= 11 is 6.12. The van der Waals surface area contributed by atoms with Crippen LogP contribution >= 0.6 is 11.6 Å². The molecule has 10 heteroatoms. The molecule has 0 unspecified atom stereocenters. The van der Waals surface area contributed by atoms with Crippen LogP contribution in [0.5, 0.6) is 5.75 Å². The summed E-state index contributed by atoms with van der Waals surface area (Å²) in [5.41, 5.74) is 1.46. The van der Waals surface area contributed by atoms with E-state index in [0.29, 0.717) is 40.2 Å². The molecule has 2 amide bonds. The fourth-order valence-corrected chi connectivity index (χ4v) is 3.55. The first kappa shape index (κ1) is 24.7. The van der Waals surface area contributed by atoms with E-state index in [-0.39, 0.29) is 32.1 Å². The van der Waals surface area contributed by atoms with Gasteiger partial charge in [0.05, 0.1) is 18.0 Å². The minimum absolute atomic E-state index is 0.0772. The number of carbonyl (C=O) groups excluding carboxylic acids is 2. The largest absolute Gasteiger partial charge is 0.493 e. The molecule has 3 rings (SSSR count). The van der Waals surface area contributed by atoms with Gasteiger partial charge in [0.15, 0.2) is 0 Å². The van der Waals surface area contributed by atoms with Crippen LogP contribution in [-0.4, -0.2) is 55.7 Å². The Hall–Kier alpha value is -2.94. The third-order valence-electron chi connectivity index (χ3n) is 5.06. The lowest BCUT2D eigenvalue weighted by Gasteiger charge is -2.37. The molecular weight excluding hydrogens is 459 g/mol. The van der Waals surface area contributed by atoms with Crippen LogP contribution in [-0.2, 0) is 4.79 Å². The van der Waals surface area contributed by atoms with Gasteiger partial charge in [-0.3, -0.25) is 9.59 Å². The molecule has 0 bridgehead atoms. The van der Waals surface area contributed by atoms with Gasteiger partial charge in [-0.25, -0.2) is 0 Å². The average molecular weight is 484 g/mol. The predicted octanol–water partition coefficient (Wildman–Crippen LogP) is 4.84. The summed E-state index contributed by atoms with van der Waals surface area (Å²) in [7, 11) is 0. The highest BCUT2D eigenvalue weighted by molar-refractivity contribution is 6.31. The smallest absolute Gasteiger partial charge is 0.471 e. The molecule has 6 nitrogen and oxygen atoms in total. The van der Waals surface area contributed by atoms with Gasteiger partial charge in [-0.15, -0.1) is 0 Å². The highest BCUT2D eigenvalue weighted by Gasteiger charge is 2.43. The number of piperazine rings is 1. The molecule has 2 aromatic carbocycles. The summed E-state index contributed by atoms with van der Waals surface area (Å²) < 4.78 is 43.7. The molecular formula is C23H25ClF3N3O3. The molecule has 178 valence electrons. The summed E-state index contributed by atoms with van der Waals surface area (Å²) in [4.78, 5) is 26.9. The summed E-state index contributed by atoms with van der Waals surface area (Å²) in [5, 5.41) is 3.23. The zero-order chi connectivity index (χ0) is 24.2.